The van der Waals surface area contributed by atoms with Gasteiger partial charge in [-0.25, -0.2) is 13.4 Å². The number of anilines is 1. The summed E-state index contributed by atoms with van der Waals surface area (Å²) in [6.45, 7) is 4.71. The lowest BCUT2D eigenvalue weighted by Crippen LogP contribution is -2.35. The number of thiophene rings is 1. The van der Waals surface area contributed by atoms with E-state index >= 15 is 0 Å². The number of benzene rings is 1. The lowest BCUT2D eigenvalue weighted by molar-refractivity contribution is -0.116. The van der Waals surface area contributed by atoms with Crippen molar-refractivity contribution in [3.05, 3.63) is 51.4 Å². The van der Waals surface area contributed by atoms with Crippen LogP contribution in [0.25, 0.3) is 10.2 Å². The van der Waals surface area contributed by atoms with Gasteiger partial charge in [-0.05, 0) is 56.5 Å². The van der Waals surface area contributed by atoms with Gasteiger partial charge in [-0.3, -0.25) is 14.2 Å². The third-order valence-electron chi connectivity index (χ3n) is 5.56. The number of hydrogen-bond donors (Lipinski definition) is 1. The van der Waals surface area contributed by atoms with Gasteiger partial charge in [0.1, 0.15) is 11.4 Å². The first-order chi connectivity index (χ1) is 14.8. The minimum atomic E-state index is -3.52. The average Bonchev–Trinajstić information content (AvgIpc) is 3.05. The first kappa shape index (κ1) is 21.7. The van der Waals surface area contributed by atoms with E-state index in [2.05, 4.69) is 10.3 Å². The molecule has 0 spiro atoms. The number of piperidine rings is 1. The van der Waals surface area contributed by atoms with E-state index in [0.717, 1.165) is 29.7 Å². The number of aromatic nitrogens is 2. The molecule has 1 aliphatic rings. The van der Waals surface area contributed by atoms with Crippen molar-refractivity contribution < 1.29 is 13.2 Å². The summed E-state index contributed by atoms with van der Waals surface area (Å²) in [6, 6.07) is 6.12. The summed E-state index contributed by atoms with van der Waals surface area (Å²) in [6.07, 6.45) is 4.18. The number of fused-ring (bicyclic) bond motifs is 1. The molecule has 0 bridgehead atoms. The number of hydrogen-bond acceptors (Lipinski definition) is 6. The van der Waals surface area contributed by atoms with Gasteiger partial charge < -0.3 is 5.32 Å². The third-order valence-corrected chi connectivity index (χ3v) is 8.59. The molecule has 4 rings (SSSR count). The van der Waals surface area contributed by atoms with Crippen LogP contribution in [0.3, 0.4) is 0 Å². The molecule has 0 unspecified atom stereocenters. The number of nitrogens with zero attached hydrogens (tertiary/aromatic N) is 3. The normalized spacial score (nSPS) is 15.3. The van der Waals surface area contributed by atoms with Gasteiger partial charge in [-0.1, -0.05) is 6.42 Å². The molecule has 1 fully saturated rings. The van der Waals surface area contributed by atoms with Crippen molar-refractivity contribution in [2.75, 3.05) is 18.4 Å². The maximum atomic E-state index is 12.7. The van der Waals surface area contributed by atoms with Gasteiger partial charge in [-0.15, -0.1) is 11.3 Å². The van der Waals surface area contributed by atoms with Crippen LogP contribution in [0.5, 0.6) is 0 Å². The molecule has 1 aromatic carbocycles. The van der Waals surface area contributed by atoms with Crippen LogP contribution in [0.1, 0.15) is 29.7 Å². The number of sulfonamides is 1. The molecular formula is C21H24N4O4S2. The standard InChI is InChI=1S/C21H24N4O4S2/c1-14-15(2)30-20-19(14)21(27)24(13-22-20)12-18(26)23-16-6-8-17(9-7-16)31(28,29)25-10-4-3-5-11-25/h6-9,13H,3-5,10-12H2,1-2H3,(H,23,26). The number of carbonyl (C=O) groups excluding carboxylic acids is 1. The Kier molecular flexibility index (Phi) is 5.96. The van der Waals surface area contributed by atoms with E-state index in [1.165, 1.54) is 38.7 Å². The predicted octanol–water partition coefficient (Wildman–Crippen LogP) is 2.89. The molecule has 3 aromatic rings. The molecule has 31 heavy (non-hydrogen) atoms. The summed E-state index contributed by atoms with van der Waals surface area (Å²) in [7, 11) is -3.52. The van der Waals surface area contributed by atoms with E-state index in [1.807, 2.05) is 13.8 Å². The highest BCUT2D eigenvalue weighted by atomic mass is 32.2. The van der Waals surface area contributed by atoms with Crippen LogP contribution in [0, 0.1) is 13.8 Å². The highest BCUT2D eigenvalue weighted by Gasteiger charge is 2.25. The van der Waals surface area contributed by atoms with E-state index in [4.69, 9.17) is 0 Å². The van der Waals surface area contributed by atoms with Gasteiger partial charge in [-0.2, -0.15) is 4.31 Å². The lowest BCUT2D eigenvalue weighted by Gasteiger charge is -2.25. The minimum Gasteiger partial charge on any atom is -0.325 e. The highest BCUT2D eigenvalue weighted by molar-refractivity contribution is 7.89. The molecule has 0 aliphatic carbocycles. The second-order valence-electron chi connectivity index (χ2n) is 7.68. The predicted molar refractivity (Wildman–Crippen MR) is 121 cm³/mol. The van der Waals surface area contributed by atoms with Crippen molar-refractivity contribution >= 4 is 43.2 Å². The Bertz CT molecular complexity index is 1290. The average molecular weight is 461 g/mol. The second-order valence-corrected chi connectivity index (χ2v) is 10.8. The zero-order valence-corrected chi connectivity index (χ0v) is 19.1. The van der Waals surface area contributed by atoms with Crippen molar-refractivity contribution in [2.24, 2.45) is 0 Å². The molecule has 0 saturated carbocycles. The fraction of sp³-hybridized carbons (Fsp3) is 0.381. The Hall–Kier alpha value is -2.56. The molecule has 2 aromatic heterocycles. The van der Waals surface area contributed by atoms with Gasteiger partial charge in [0.05, 0.1) is 16.6 Å². The van der Waals surface area contributed by atoms with Crippen molar-refractivity contribution in [3.8, 4) is 0 Å². The maximum absolute atomic E-state index is 12.7. The molecular weight excluding hydrogens is 436 g/mol. The lowest BCUT2D eigenvalue weighted by atomic mass is 10.2. The third kappa shape index (κ3) is 4.28. The number of nitrogens with one attached hydrogen (secondary N) is 1. The van der Waals surface area contributed by atoms with E-state index in [0.29, 0.717) is 29.0 Å². The Balaban J connectivity index is 1.47. The fourth-order valence-electron chi connectivity index (χ4n) is 3.70. The van der Waals surface area contributed by atoms with Crippen LogP contribution in [0.2, 0.25) is 0 Å². The Labute approximate surface area is 184 Å². The van der Waals surface area contributed by atoms with Gasteiger partial charge in [0.25, 0.3) is 5.56 Å². The number of rotatable bonds is 5. The van der Waals surface area contributed by atoms with Crippen molar-refractivity contribution in [2.45, 2.75) is 44.6 Å². The molecule has 1 N–H and O–H groups in total. The Morgan fingerprint density at radius 1 is 1.13 bits per heavy atom. The van der Waals surface area contributed by atoms with Gasteiger partial charge in [0.15, 0.2) is 0 Å². The first-order valence-corrected chi connectivity index (χ1v) is 12.4. The van der Waals surface area contributed by atoms with Crippen LogP contribution >= 0.6 is 11.3 Å². The van der Waals surface area contributed by atoms with E-state index in [-0.39, 0.29) is 22.9 Å². The maximum Gasteiger partial charge on any atom is 0.262 e. The Morgan fingerprint density at radius 3 is 2.48 bits per heavy atom. The van der Waals surface area contributed by atoms with Crippen LogP contribution in [-0.2, 0) is 21.4 Å². The van der Waals surface area contributed by atoms with Crippen molar-refractivity contribution in [3.63, 3.8) is 0 Å². The van der Waals surface area contributed by atoms with Crippen LogP contribution in [0.15, 0.2) is 40.3 Å². The van der Waals surface area contributed by atoms with E-state index in [1.54, 1.807) is 12.1 Å². The molecule has 164 valence electrons. The summed E-state index contributed by atoms with van der Waals surface area (Å²) in [4.78, 5) is 31.4. The zero-order chi connectivity index (χ0) is 22.2. The zero-order valence-electron chi connectivity index (χ0n) is 17.4. The number of aryl methyl sites for hydroxylation is 2. The van der Waals surface area contributed by atoms with Gasteiger partial charge in [0, 0.05) is 23.7 Å². The molecule has 1 saturated heterocycles. The summed E-state index contributed by atoms with van der Waals surface area (Å²) >= 11 is 1.46. The second kappa shape index (κ2) is 8.52. The van der Waals surface area contributed by atoms with E-state index < -0.39 is 10.0 Å². The highest BCUT2D eigenvalue weighted by Crippen LogP contribution is 2.25. The molecule has 10 heteroatoms. The smallest absolute Gasteiger partial charge is 0.262 e. The molecule has 8 nitrogen and oxygen atoms in total. The summed E-state index contributed by atoms with van der Waals surface area (Å²) in [5.74, 6) is -0.389. The van der Waals surface area contributed by atoms with E-state index in [9.17, 15) is 18.0 Å². The summed E-state index contributed by atoms with van der Waals surface area (Å²) in [5, 5.41) is 3.26. The molecule has 1 aliphatic heterocycles. The summed E-state index contributed by atoms with van der Waals surface area (Å²) < 4.78 is 28.3. The van der Waals surface area contributed by atoms with Crippen molar-refractivity contribution in [1.29, 1.82) is 0 Å². The number of carbonyl (C=O) groups is 1. The van der Waals surface area contributed by atoms with Crippen LogP contribution in [-0.4, -0.2) is 41.3 Å². The number of amides is 1. The largest absolute Gasteiger partial charge is 0.325 e. The van der Waals surface area contributed by atoms with Crippen molar-refractivity contribution in [1.82, 2.24) is 13.9 Å². The SMILES string of the molecule is Cc1sc2ncn(CC(=O)Nc3ccc(S(=O)(=O)N4CCCCC4)cc3)c(=O)c2c1C. The molecule has 1 amide bonds. The molecule has 3 heterocycles. The quantitative estimate of drug-likeness (QED) is 0.631. The van der Waals surface area contributed by atoms with Gasteiger partial charge >= 0.3 is 0 Å². The molecule has 0 atom stereocenters. The van der Waals surface area contributed by atoms with Crippen LogP contribution < -0.4 is 10.9 Å². The van der Waals surface area contributed by atoms with Crippen LogP contribution in [0.4, 0.5) is 5.69 Å². The molecule has 0 radical (unpaired) electrons. The Morgan fingerprint density at radius 2 is 1.81 bits per heavy atom. The topological polar surface area (TPSA) is 101 Å². The minimum absolute atomic E-state index is 0.177. The van der Waals surface area contributed by atoms with Gasteiger partial charge in [0.2, 0.25) is 15.9 Å². The first-order valence-electron chi connectivity index (χ1n) is 10.1. The summed E-state index contributed by atoms with van der Waals surface area (Å²) in [5.41, 5.74) is 1.11. The fourth-order valence-corrected chi connectivity index (χ4v) is 6.21. The monoisotopic (exact) mass is 460 g/mol.